The zero-order chi connectivity index (χ0) is 19.6. The summed E-state index contributed by atoms with van der Waals surface area (Å²) in [5.74, 6) is 0.888. The summed E-state index contributed by atoms with van der Waals surface area (Å²) in [7, 11) is 0. The number of nitrogens with zero attached hydrogens (tertiary/aromatic N) is 1. The number of halogens is 1. The minimum atomic E-state index is -0.243. The maximum Gasteiger partial charge on any atom is 0.258 e. The van der Waals surface area contributed by atoms with Crippen molar-refractivity contribution in [2.45, 2.75) is 65.5 Å². The number of amides is 1. The van der Waals surface area contributed by atoms with Gasteiger partial charge in [-0.1, -0.05) is 50.9 Å². The molecule has 5 nitrogen and oxygen atoms in total. The van der Waals surface area contributed by atoms with Gasteiger partial charge in [0.15, 0.2) is 0 Å². The molecule has 0 spiro atoms. The van der Waals surface area contributed by atoms with E-state index in [-0.39, 0.29) is 11.9 Å². The average molecular weight is 391 g/mol. The fourth-order valence-electron chi connectivity index (χ4n) is 4.28. The summed E-state index contributed by atoms with van der Waals surface area (Å²) in [5.41, 5.74) is 11.3. The molecule has 3 rings (SSSR count). The smallest absolute Gasteiger partial charge is 0.258 e. The lowest BCUT2D eigenvalue weighted by atomic mass is 9.65. The molecule has 1 amide bonds. The zero-order valence-corrected chi connectivity index (χ0v) is 17.4. The quantitative estimate of drug-likeness (QED) is 0.528. The molecule has 0 bridgehead atoms. The van der Waals surface area contributed by atoms with E-state index in [1.165, 1.54) is 6.42 Å². The SMILES string of the molecule is CCC(C)(C)C1CCC2NNC(C(=O)N/N=C(\C)c3ccc(Cl)cc3)C2C1. The second kappa shape index (κ2) is 8.29. The number of hydrogen-bond acceptors (Lipinski definition) is 4. The van der Waals surface area contributed by atoms with Crippen LogP contribution in [0.25, 0.3) is 0 Å². The number of rotatable bonds is 5. The Hall–Kier alpha value is -1.43. The summed E-state index contributed by atoms with van der Waals surface area (Å²) in [4.78, 5) is 12.8. The molecule has 1 aliphatic heterocycles. The molecule has 1 aromatic rings. The summed E-state index contributed by atoms with van der Waals surface area (Å²) >= 11 is 5.92. The van der Waals surface area contributed by atoms with Crippen LogP contribution < -0.4 is 16.3 Å². The number of nitrogens with one attached hydrogen (secondary N) is 3. The van der Waals surface area contributed by atoms with Gasteiger partial charge >= 0.3 is 0 Å². The maximum absolute atomic E-state index is 12.8. The van der Waals surface area contributed by atoms with Crippen LogP contribution in [0.1, 0.15) is 58.9 Å². The van der Waals surface area contributed by atoms with Crippen LogP contribution in [0.5, 0.6) is 0 Å². The van der Waals surface area contributed by atoms with Crippen molar-refractivity contribution in [1.29, 1.82) is 0 Å². The number of hydrazone groups is 1. The first-order chi connectivity index (χ1) is 12.8. The van der Waals surface area contributed by atoms with Crippen LogP contribution in [0.4, 0.5) is 0 Å². The van der Waals surface area contributed by atoms with Gasteiger partial charge in [-0.05, 0) is 55.2 Å². The second-order valence-corrected chi connectivity index (χ2v) is 9.01. The standard InChI is InChI=1S/C21H31ClN4O/c1-5-21(3,4)15-8-11-18-17(12-15)19(25-24-18)20(27)26-23-13(2)14-6-9-16(22)10-7-14/h6-7,9-10,15,17-19,24-25H,5,8,11-12H2,1-4H3,(H,26,27)/b23-13+. The van der Waals surface area contributed by atoms with Gasteiger partial charge in [0.1, 0.15) is 6.04 Å². The van der Waals surface area contributed by atoms with E-state index in [1.54, 1.807) is 0 Å². The summed E-state index contributed by atoms with van der Waals surface area (Å²) in [5, 5.41) is 4.98. The Labute approximate surface area is 167 Å². The largest absolute Gasteiger partial charge is 0.271 e. The predicted octanol–water partition coefficient (Wildman–Crippen LogP) is 3.88. The van der Waals surface area contributed by atoms with Crippen LogP contribution in [-0.4, -0.2) is 23.7 Å². The van der Waals surface area contributed by atoms with E-state index in [0.29, 0.717) is 28.3 Å². The third kappa shape index (κ3) is 4.53. The lowest BCUT2D eigenvalue weighted by Gasteiger charge is -2.41. The summed E-state index contributed by atoms with van der Waals surface area (Å²) in [6.07, 6.45) is 4.57. The van der Waals surface area contributed by atoms with Gasteiger partial charge in [0.25, 0.3) is 5.91 Å². The Morgan fingerprint density at radius 3 is 2.63 bits per heavy atom. The second-order valence-electron chi connectivity index (χ2n) is 8.57. The maximum atomic E-state index is 12.8. The molecule has 1 aromatic carbocycles. The van der Waals surface area contributed by atoms with Crippen LogP contribution in [0.2, 0.25) is 5.02 Å². The molecule has 2 fully saturated rings. The number of carbonyl (C=O) groups excluding carboxylic acids is 1. The first-order valence-corrected chi connectivity index (χ1v) is 10.3. The lowest BCUT2D eigenvalue weighted by Crippen LogP contribution is -2.45. The Morgan fingerprint density at radius 1 is 1.26 bits per heavy atom. The van der Waals surface area contributed by atoms with Crippen molar-refractivity contribution in [3.05, 3.63) is 34.9 Å². The molecule has 6 heteroatoms. The molecular weight excluding hydrogens is 360 g/mol. The van der Waals surface area contributed by atoms with Crippen molar-refractivity contribution in [1.82, 2.24) is 16.3 Å². The lowest BCUT2D eigenvalue weighted by molar-refractivity contribution is -0.124. The summed E-state index contributed by atoms with van der Waals surface area (Å²) in [6, 6.07) is 7.57. The van der Waals surface area contributed by atoms with E-state index in [0.717, 1.165) is 30.5 Å². The highest BCUT2D eigenvalue weighted by Gasteiger charge is 2.46. The minimum Gasteiger partial charge on any atom is -0.271 e. The molecule has 1 saturated carbocycles. The number of benzene rings is 1. The Bertz CT molecular complexity index is 701. The first kappa shape index (κ1) is 20.3. The van der Waals surface area contributed by atoms with E-state index < -0.39 is 0 Å². The molecule has 3 N–H and O–H groups in total. The van der Waals surface area contributed by atoms with Crippen LogP contribution in [-0.2, 0) is 4.79 Å². The van der Waals surface area contributed by atoms with E-state index in [4.69, 9.17) is 11.6 Å². The Kier molecular flexibility index (Phi) is 6.24. The van der Waals surface area contributed by atoms with Crippen molar-refractivity contribution >= 4 is 23.2 Å². The molecule has 4 atom stereocenters. The molecule has 0 aromatic heterocycles. The zero-order valence-electron chi connectivity index (χ0n) is 16.7. The number of hydrogen-bond donors (Lipinski definition) is 3. The molecule has 0 radical (unpaired) electrons. The fraction of sp³-hybridized carbons (Fsp3) is 0.619. The van der Waals surface area contributed by atoms with Gasteiger partial charge in [0.2, 0.25) is 0 Å². The third-order valence-corrected chi connectivity index (χ3v) is 6.90. The van der Waals surface area contributed by atoms with Gasteiger partial charge in [-0.15, -0.1) is 0 Å². The highest BCUT2D eigenvalue weighted by molar-refractivity contribution is 6.30. The highest BCUT2D eigenvalue weighted by Crippen LogP contribution is 2.44. The van der Waals surface area contributed by atoms with E-state index >= 15 is 0 Å². The Balaban J connectivity index is 1.64. The van der Waals surface area contributed by atoms with Crippen molar-refractivity contribution in [2.24, 2.45) is 22.4 Å². The van der Waals surface area contributed by atoms with Crippen LogP contribution >= 0.6 is 11.6 Å². The normalized spacial score (nSPS) is 28.7. The molecule has 27 heavy (non-hydrogen) atoms. The minimum absolute atomic E-state index is 0.0710. The van der Waals surface area contributed by atoms with Gasteiger partial charge in [0, 0.05) is 17.0 Å². The van der Waals surface area contributed by atoms with E-state index in [1.807, 2.05) is 31.2 Å². The van der Waals surface area contributed by atoms with E-state index in [2.05, 4.69) is 42.1 Å². The topological polar surface area (TPSA) is 65.5 Å². The molecule has 1 aliphatic carbocycles. The molecule has 148 valence electrons. The monoisotopic (exact) mass is 390 g/mol. The van der Waals surface area contributed by atoms with Gasteiger partial charge in [-0.2, -0.15) is 5.10 Å². The average Bonchev–Trinajstić information content (AvgIpc) is 3.09. The molecule has 1 heterocycles. The molecule has 4 unspecified atom stereocenters. The number of fused-ring (bicyclic) bond motifs is 1. The van der Waals surface area contributed by atoms with Crippen LogP contribution in [0.15, 0.2) is 29.4 Å². The number of hydrazine groups is 1. The molecule has 2 aliphatic rings. The molecular formula is C21H31ClN4O. The van der Waals surface area contributed by atoms with Gasteiger partial charge < -0.3 is 0 Å². The Morgan fingerprint density at radius 2 is 1.96 bits per heavy atom. The van der Waals surface area contributed by atoms with Crippen LogP contribution in [0.3, 0.4) is 0 Å². The number of carbonyl (C=O) groups is 1. The highest BCUT2D eigenvalue weighted by atomic mass is 35.5. The van der Waals surface area contributed by atoms with Gasteiger partial charge in [-0.3, -0.25) is 10.2 Å². The predicted molar refractivity (Wildman–Crippen MR) is 111 cm³/mol. The van der Waals surface area contributed by atoms with Gasteiger partial charge in [0.05, 0.1) is 5.71 Å². The third-order valence-electron chi connectivity index (χ3n) is 6.65. The summed E-state index contributed by atoms with van der Waals surface area (Å²) in [6.45, 7) is 8.84. The van der Waals surface area contributed by atoms with Crippen molar-refractivity contribution in [3.8, 4) is 0 Å². The van der Waals surface area contributed by atoms with Crippen molar-refractivity contribution in [3.63, 3.8) is 0 Å². The van der Waals surface area contributed by atoms with Crippen molar-refractivity contribution < 1.29 is 4.79 Å². The fourth-order valence-corrected chi connectivity index (χ4v) is 4.41. The summed E-state index contributed by atoms with van der Waals surface area (Å²) < 4.78 is 0. The first-order valence-electron chi connectivity index (χ1n) is 9.93. The van der Waals surface area contributed by atoms with Gasteiger partial charge in [-0.25, -0.2) is 10.9 Å². The van der Waals surface area contributed by atoms with Crippen LogP contribution in [0, 0.1) is 17.3 Å². The van der Waals surface area contributed by atoms with Crippen molar-refractivity contribution in [2.75, 3.05) is 0 Å². The molecule has 1 saturated heterocycles. The van der Waals surface area contributed by atoms with E-state index in [9.17, 15) is 4.79 Å².